The normalized spacial score (nSPS) is 12.9. The van der Waals surface area contributed by atoms with Gasteiger partial charge in [-0.3, -0.25) is 4.68 Å². The summed E-state index contributed by atoms with van der Waals surface area (Å²) in [6, 6.07) is 2.06. The lowest BCUT2D eigenvalue weighted by Crippen LogP contribution is -2.17. The van der Waals surface area contributed by atoms with Gasteiger partial charge in [-0.1, -0.05) is 6.92 Å². The third kappa shape index (κ3) is 2.62. The highest BCUT2D eigenvalue weighted by atomic mass is 32.1. The first-order valence-electron chi connectivity index (χ1n) is 6.22. The fourth-order valence-electron chi connectivity index (χ4n) is 1.98. The van der Waals surface area contributed by atoms with Crippen LogP contribution >= 0.6 is 11.3 Å². The van der Waals surface area contributed by atoms with Crippen molar-refractivity contribution in [1.82, 2.24) is 14.8 Å². The van der Waals surface area contributed by atoms with Gasteiger partial charge < -0.3 is 5.73 Å². The Labute approximate surface area is 112 Å². The van der Waals surface area contributed by atoms with Gasteiger partial charge in [0.2, 0.25) is 0 Å². The molecular weight excluding hydrogens is 244 g/mol. The average molecular weight is 264 g/mol. The van der Waals surface area contributed by atoms with Gasteiger partial charge in [-0.15, -0.1) is 11.3 Å². The van der Waals surface area contributed by atoms with Gasteiger partial charge in [0.1, 0.15) is 0 Å². The second-order valence-electron chi connectivity index (χ2n) is 4.60. The Bertz CT molecular complexity index is 522. The number of hydrogen-bond acceptors (Lipinski definition) is 4. The van der Waals surface area contributed by atoms with Gasteiger partial charge in [-0.05, 0) is 26.3 Å². The number of hydrogen-bond donors (Lipinski definition) is 1. The van der Waals surface area contributed by atoms with Crippen LogP contribution < -0.4 is 5.73 Å². The van der Waals surface area contributed by atoms with Crippen LogP contribution in [0.2, 0.25) is 0 Å². The molecule has 0 aliphatic heterocycles. The molecule has 0 aromatic carbocycles. The summed E-state index contributed by atoms with van der Waals surface area (Å²) in [4.78, 5) is 5.82. The number of nitrogens with zero attached hydrogens (tertiary/aromatic N) is 3. The molecule has 4 nitrogen and oxygen atoms in total. The molecule has 0 fully saturated rings. The summed E-state index contributed by atoms with van der Waals surface area (Å²) in [6.45, 7) is 6.24. The number of nitrogens with two attached hydrogens (primary N) is 1. The zero-order valence-corrected chi connectivity index (χ0v) is 12.2. The van der Waals surface area contributed by atoms with Gasteiger partial charge in [-0.2, -0.15) is 5.10 Å². The smallest absolute Gasteiger partial charge is 0.0950 e. The lowest BCUT2D eigenvalue weighted by molar-refractivity contribution is 0.612. The number of aryl methyl sites for hydroxylation is 4. The maximum absolute atomic E-state index is 6.26. The third-order valence-corrected chi connectivity index (χ3v) is 4.27. The van der Waals surface area contributed by atoms with Gasteiger partial charge in [0.25, 0.3) is 0 Å². The zero-order valence-electron chi connectivity index (χ0n) is 11.4. The van der Waals surface area contributed by atoms with Crippen molar-refractivity contribution >= 4 is 11.3 Å². The summed E-state index contributed by atoms with van der Waals surface area (Å²) in [5.41, 5.74) is 9.55. The van der Waals surface area contributed by atoms with Crippen molar-refractivity contribution in [3.05, 3.63) is 33.0 Å². The molecular formula is C13H20N4S. The quantitative estimate of drug-likeness (QED) is 0.922. The van der Waals surface area contributed by atoms with E-state index in [9.17, 15) is 0 Å². The molecule has 0 radical (unpaired) electrons. The fourth-order valence-corrected chi connectivity index (χ4v) is 2.97. The molecule has 0 aliphatic carbocycles. The van der Waals surface area contributed by atoms with E-state index in [0.29, 0.717) is 0 Å². The Hall–Kier alpha value is -1.20. The predicted octanol–water partition coefficient (Wildman–Crippen LogP) is 2.30. The van der Waals surface area contributed by atoms with E-state index < -0.39 is 0 Å². The average Bonchev–Trinajstić information content (AvgIpc) is 2.83. The van der Waals surface area contributed by atoms with Gasteiger partial charge in [0.05, 0.1) is 28.1 Å². The monoisotopic (exact) mass is 264 g/mol. The molecule has 2 aromatic heterocycles. The van der Waals surface area contributed by atoms with Gasteiger partial charge >= 0.3 is 0 Å². The van der Waals surface area contributed by atoms with Crippen molar-refractivity contribution in [3.8, 4) is 0 Å². The molecule has 0 bridgehead atoms. The highest BCUT2D eigenvalue weighted by molar-refractivity contribution is 7.11. The largest absolute Gasteiger partial charge is 0.322 e. The highest BCUT2D eigenvalue weighted by Crippen LogP contribution is 2.22. The van der Waals surface area contributed by atoms with E-state index in [0.717, 1.165) is 34.9 Å². The SMILES string of the molecule is CCc1cc(C(N)Cc2nc(C)c(C)s2)n(C)n1. The van der Waals surface area contributed by atoms with E-state index >= 15 is 0 Å². The number of rotatable bonds is 4. The van der Waals surface area contributed by atoms with E-state index in [1.807, 2.05) is 18.7 Å². The summed E-state index contributed by atoms with van der Waals surface area (Å²) < 4.78 is 1.89. The van der Waals surface area contributed by atoms with Crippen LogP contribution in [0.3, 0.4) is 0 Å². The number of aromatic nitrogens is 3. The van der Waals surface area contributed by atoms with Crippen LogP contribution in [-0.4, -0.2) is 14.8 Å². The van der Waals surface area contributed by atoms with E-state index in [-0.39, 0.29) is 6.04 Å². The molecule has 2 aromatic rings. The van der Waals surface area contributed by atoms with E-state index in [1.165, 1.54) is 4.88 Å². The first-order valence-corrected chi connectivity index (χ1v) is 7.04. The maximum atomic E-state index is 6.26. The van der Waals surface area contributed by atoms with Gasteiger partial charge in [0.15, 0.2) is 0 Å². The summed E-state index contributed by atoms with van der Waals surface area (Å²) in [7, 11) is 1.95. The Kier molecular flexibility index (Phi) is 3.82. The molecule has 0 saturated heterocycles. The third-order valence-electron chi connectivity index (χ3n) is 3.18. The Morgan fingerprint density at radius 3 is 2.67 bits per heavy atom. The van der Waals surface area contributed by atoms with Crippen LogP contribution in [0.5, 0.6) is 0 Å². The first kappa shape index (κ1) is 13.2. The molecule has 2 rings (SSSR count). The number of thiazole rings is 1. The molecule has 1 unspecified atom stereocenters. The summed E-state index contributed by atoms with van der Waals surface area (Å²) in [5, 5.41) is 5.54. The Balaban J connectivity index is 2.15. The highest BCUT2D eigenvalue weighted by Gasteiger charge is 2.15. The Morgan fingerprint density at radius 1 is 1.44 bits per heavy atom. The molecule has 0 aliphatic rings. The van der Waals surface area contributed by atoms with Crippen molar-refractivity contribution < 1.29 is 0 Å². The van der Waals surface area contributed by atoms with Crippen LogP contribution in [0.15, 0.2) is 6.07 Å². The minimum Gasteiger partial charge on any atom is -0.322 e. The molecule has 98 valence electrons. The summed E-state index contributed by atoms with van der Waals surface area (Å²) >= 11 is 1.73. The van der Waals surface area contributed by atoms with Crippen LogP contribution in [0.25, 0.3) is 0 Å². The van der Waals surface area contributed by atoms with Crippen molar-refractivity contribution in [2.45, 2.75) is 39.7 Å². The van der Waals surface area contributed by atoms with Crippen LogP contribution in [-0.2, 0) is 19.9 Å². The Morgan fingerprint density at radius 2 is 2.17 bits per heavy atom. The second kappa shape index (κ2) is 5.20. The molecule has 5 heteroatoms. The molecule has 0 saturated carbocycles. The maximum Gasteiger partial charge on any atom is 0.0950 e. The first-order chi connectivity index (χ1) is 8.51. The lowest BCUT2D eigenvalue weighted by atomic mass is 10.1. The molecule has 2 N–H and O–H groups in total. The van der Waals surface area contributed by atoms with Crippen molar-refractivity contribution in [3.63, 3.8) is 0 Å². The van der Waals surface area contributed by atoms with Crippen LogP contribution in [0.1, 0.15) is 39.9 Å². The van der Waals surface area contributed by atoms with E-state index in [1.54, 1.807) is 11.3 Å². The van der Waals surface area contributed by atoms with E-state index in [2.05, 4.69) is 30.0 Å². The predicted molar refractivity (Wildman–Crippen MR) is 74.8 cm³/mol. The van der Waals surface area contributed by atoms with Crippen molar-refractivity contribution in [2.24, 2.45) is 12.8 Å². The van der Waals surface area contributed by atoms with Gasteiger partial charge in [-0.25, -0.2) is 4.98 Å². The van der Waals surface area contributed by atoms with Crippen LogP contribution in [0.4, 0.5) is 0 Å². The zero-order chi connectivity index (χ0) is 13.3. The molecule has 0 amide bonds. The summed E-state index contributed by atoms with van der Waals surface area (Å²) in [5.74, 6) is 0. The van der Waals surface area contributed by atoms with Crippen molar-refractivity contribution in [1.29, 1.82) is 0 Å². The molecule has 2 heterocycles. The molecule has 0 spiro atoms. The fraction of sp³-hybridized carbons (Fsp3) is 0.538. The van der Waals surface area contributed by atoms with Crippen LogP contribution in [0, 0.1) is 13.8 Å². The van der Waals surface area contributed by atoms with Gasteiger partial charge in [0, 0.05) is 18.3 Å². The summed E-state index contributed by atoms with van der Waals surface area (Å²) in [6.07, 6.45) is 1.72. The van der Waals surface area contributed by atoms with Crippen molar-refractivity contribution in [2.75, 3.05) is 0 Å². The topological polar surface area (TPSA) is 56.7 Å². The second-order valence-corrected chi connectivity index (χ2v) is 5.89. The standard InChI is InChI=1S/C13H20N4S/c1-5-10-6-12(17(4)16-10)11(14)7-13-15-8(2)9(3)18-13/h6,11H,5,7,14H2,1-4H3. The van der Waals surface area contributed by atoms with E-state index in [4.69, 9.17) is 5.73 Å². The lowest BCUT2D eigenvalue weighted by Gasteiger charge is -2.09. The molecule has 18 heavy (non-hydrogen) atoms. The minimum atomic E-state index is -0.0345. The minimum absolute atomic E-state index is 0.0345. The molecule has 1 atom stereocenters.